The summed E-state index contributed by atoms with van der Waals surface area (Å²) >= 11 is 14.1. The average Bonchev–Trinajstić information content (AvgIpc) is 2.08. The zero-order chi connectivity index (χ0) is 10.0. The van der Waals surface area contributed by atoms with E-state index in [1.165, 1.54) is 6.07 Å². The monoisotopic (exact) mass is 289 g/mol. The van der Waals surface area contributed by atoms with Gasteiger partial charge in [0.1, 0.15) is 10.8 Å². The topological polar surface area (TPSA) is 12.9 Å². The molecule has 0 N–H and O–H groups in total. The van der Waals surface area contributed by atoms with Crippen LogP contribution in [0.15, 0.2) is 10.5 Å². The molecule has 0 aliphatic heterocycles. The lowest BCUT2D eigenvalue weighted by Crippen LogP contribution is -1.97. The summed E-state index contributed by atoms with van der Waals surface area (Å²) in [5.74, 6) is -0.0115. The minimum atomic E-state index is -2.65. The minimum absolute atomic E-state index is 0.0115. The molecule has 0 spiro atoms. The number of rotatable bonds is 2. The average molecular weight is 291 g/mol. The molecule has 0 saturated carbocycles. The van der Waals surface area contributed by atoms with Gasteiger partial charge in [-0.15, -0.1) is 11.6 Å². The summed E-state index contributed by atoms with van der Waals surface area (Å²) in [5.41, 5.74) is -0.0730. The third-order valence-electron chi connectivity index (χ3n) is 1.40. The van der Waals surface area contributed by atoms with Crippen LogP contribution in [-0.2, 0) is 5.88 Å². The minimum Gasteiger partial charge on any atom is -0.234 e. The van der Waals surface area contributed by atoms with Gasteiger partial charge in [-0.1, -0.05) is 11.6 Å². The van der Waals surface area contributed by atoms with Gasteiger partial charge in [-0.25, -0.2) is 13.8 Å². The fourth-order valence-electron chi connectivity index (χ4n) is 0.813. The maximum Gasteiger partial charge on any atom is 0.280 e. The van der Waals surface area contributed by atoms with Gasteiger partial charge in [-0.2, -0.15) is 0 Å². The van der Waals surface area contributed by atoms with E-state index < -0.39 is 6.43 Å². The molecular weight excluding hydrogens is 287 g/mol. The van der Waals surface area contributed by atoms with E-state index in [1.54, 1.807) is 0 Å². The second kappa shape index (κ2) is 4.53. The molecule has 0 aliphatic carbocycles. The standard InChI is InChI=1S/C7H4BrCl2F2N/c8-4-1-3(2-9)5(7(11)12)13-6(4)10/h1,7H,2H2. The van der Waals surface area contributed by atoms with Crippen LogP contribution in [0.2, 0.25) is 5.15 Å². The van der Waals surface area contributed by atoms with Crippen LogP contribution < -0.4 is 0 Å². The van der Waals surface area contributed by atoms with Gasteiger partial charge in [0.25, 0.3) is 6.43 Å². The van der Waals surface area contributed by atoms with Crippen molar-refractivity contribution in [3.63, 3.8) is 0 Å². The van der Waals surface area contributed by atoms with Crippen molar-refractivity contribution in [2.45, 2.75) is 12.3 Å². The van der Waals surface area contributed by atoms with Gasteiger partial charge in [-0.3, -0.25) is 0 Å². The summed E-state index contributed by atoms with van der Waals surface area (Å²) in [6.45, 7) is 0. The lowest BCUT2D eigenvalue weighted by atomic mass is 10.2. The molecule has 0 bridgehead atoms. The Kier molecular flexibility index (Phi) is 3.88. The molecular formula is C7H4BrCl2F2N. The van der Waals surface area contributed by atoms with E-state index in [0.717, 1.165) is 0 Å². The number of hydrogen-bond acceptors (Lipinski definition) is 1. The van der Waals surface area contributed by atoms with E-state index in [9.17, 15) is 8.78 Å². The Hall–Kier alpha value is 0.0700. The molecule has 1 aromatic heterocycles. The van der Waals surface area contributed by atoms with Crippen molar-refractivity contribution < 1.29 is 8.78 Å². The lowest BCUT2D eigenvalue weighted by molar-refractivity contribution is 0.145. The molecule has 1 heterocycles. The molecule has 0 radical (unpaired) electrons. The van der Waals surface area contributed by atoms with Crippen molar-refractivity contribution in [2.24, 2.45) is 0 Å². The molecule has 0 fully saturated rings. The largest absolute Gasteiger partial charge is 0.280 e. The van der Waals surface area contributed by atoms with Gasteiger partial charge >= 0.3 is 0 Å². The summed E-state index contributed by atoms with van der Waals surface area (Å²) < 4.78 is 25.1. The number of nitrogens with zero attached hydrogens (tertiary/aromatic N) is 1. The first-order valence-corrected chi connectivity index (χ1v) is 4.95. The zero-order valence-corrected chi connectivity index (χ0v) is 9.30. The Morgan fingerprint density at radius 3 is 2.62 bits per heavy atom. The summed E-state index contributed by atoms with van der Waals surface area (Å²) in [5, 5.41) is 0.0177. The van der Waals surface area contributed by atoms with Crippen molar-refractivity contribution in [1.29, 1.82) is 0 Å². The number of aromatic nitrogens is 1. The first kappa shape index (κ1) is 11.1. The van der Waals surface area contributed by atoms with E-state index in [-0.39, 0.29) is 22.3 Å². The fourth-order valence-corrected chi connectivity index (χ4v) is 1.54. The number of hydrogen-bond donors (Lipinski definition) is 0. The predicted octanol–water partition coefficient (Wildman–Crippen LogP) is 4.17. The highest BCUT2D eigenvalue weighted by atomic mass is 79.9. The van der Waals surface area contributed by atoms with Gasteiger partial charge in [0.15, 0.2) is 0 Å². The molecule has 0 saturated heterocycles. The third kappa shape index (κ3) is 2.51. The Bertz CT molecular complexity index is 320. The van der Waals surface area contributed by atoms with E-state index in [1.807, 2.05) is 0 Å². The smallest absolute Gasteiger partial charge is 0.234 e. The van der Waals surface area contributed by atoms with Crippen LogP contribution in [0.5, 0.6) is 0 Å². The molecule has 0 aliphatic rings. The molecule has 1 rings (SSSR count). The maximum atomic E-state index is 12.3. The van der Waals surface area contributed by atoms with E-state index in [4.69, 9.17) is 23.2 Å². The predicted molar refractivity (Wildman–Crippen MR) is 51.5 cm³/mol. The third-order valence-corrected chi connectivity index (χ3v) is 2.81. The Balaban J connectivity index is 3.25. The molecule has 72 valence electrons. The van der Waals surface area contributed by atoms with Crippen LogP contribution in [0.1, 0.15) is 17.7 Å². The van der Waals surface area contributed by atoms with Crippen LogP contribution in [0.3, 0.4) is 0 Å². The van der Waals surface area contributed by atoms with Crippen molar-refractivity contribution in [2.75, 3.05) is 0 Å². The van der Waals surface area contributed by atoms with E-state index in [2.05, 4.69) is 20.9 Å². The first-order chi connectivity index (χ1) is 6.06. The van der Waals surface area contributed by atoms with Crippen molar-refractivity contribution in [3.8, 4) is 0 Å². The summed E-state index contributed by atoms with van der Waals surface area (Å²) in [6, 6.07) is 1.45. The van der Waals surface area contributed by atoms with Crippen molar-refractivity contribution in [3.05, 3.63) is 26.9 Å². The molecule has 13 heavy (non-hydrogen) atoms. The quantitative estimate of drug-likeness (QED) is 0.588. The van der Waals surface area contributed by atoms with Crippen LogP contribution >= 0.6 is 39.1 Å². The summed E-state index contributed by atoms with van der Waals surface area (Å²) in [7, 11) is 0. The number of alkyl halides is 3. The summed E-state index contributed by atoms with van der Waals surface area (Å²) in [6.07, 6.45) is -2.65. The van der Waals surface area contributed by atoms with Gasteiger partial charge < -0.3 is 0 Å². The molecule has 0 atom stereocenters. The van der Waals surface area contributed by atoms with Crippen LogP contribution in [0.4, 0.5) is 8.78 Å². The molecule has 0 unspecified atom stereocenters. The number of pyridine rings is 1. The maximum absolute atomic E-state index is 12.3. The van der Waals surface area contributed by atoms with Crippen LogP contribution in [0.25, 0.3) is 0 Å². The van der Waals surface area contributed by atoms with Crippen molar-refractivity contribution in [1.82, 2.24) is 4.98 Å². The van der Waals surface area contributed by atoms with Gasteiger partial charge in [-0.05, 0) is 27.6 Å². The van der Waals surface area contributed by atoms with Crippen LogP contribution in [0, 0.1) is 0 Å². The van der Waals surface area contributed by atoms with Gasteiger partial charge in [0.2, 0.25) is 0 Å². The second-order valence-corrected chi connectivity index (χ2v) is 3.72. The highest BCUT2D eigenvalue weighted by Gasteiger charge is 2.16. The lowest BCUT2D eigenvalue weighted by Gasteiger charge is -2.06. The fraction of sp³-hybridized carbons (Fsp3) is 0.286. The zero-order valence-electron chi connectivity index (χ0n) is 6.20. The molecule has 0 amide bonds. The van der Waals surface area contributed by atoms with E-state index in [0.29, 0.717) is 4.47 Å². The normalized spacial score (nSPS) is 10.9. The molecule has 6 heteroatoms. The Labute approximate surface area is 92.2 Å². The van der Waals surface area contributed by atoms with Gasteiger partial charge in [0, 0.05) is 5.88 Å². The highest BCUT2D eigenvalue weighted by Crippen LogP contribution is 2.29. The number of halogens is 5. The molecule has 1 aromatic rings. The Morgan fingerprint density at radius 1 is 1.54 bits per heavy atom. The highest BCUT2D eigenvalue weighted by molar-refractivity contribution is 9.10. The van der Waals surface area contributed by atoms with Crippen LogP contribution in [-0.4, -0.2) is 4.98 Å². The van der Waals surface area contributed by atoms with E-state index >= 15 is 0 Å². The second-order valence-electron chi connectivity index (χ2n) is 2.24. The molecule has 1 nitrogen and oxygen atoms in total. The Morgan fingerprint density at radius 2 is 2.15 bits per heavy atom. The first-order valence-electron chi connectivity index (χ1n) is 3.25. The van der Waals surface area contributed by atoms with Crippen molar-refractivity contribution >= 4 is 39.1 Å². The molecule has 0 aromatic carbocycles. The summed E-state index contributed by atoms with van der Waals surface area (Å²) in [4.78, 5) is 3.53. The SMILES string of the molecule is FC(F)c1nc(Cl)c(Br)cc1CCl. The van der Waals surface area contributed by atoms with Gasteiger partial charge in [0.05, 0.1) is 4.47 Å².